The summed E-state index contributed by atoms with van der Waals surface area (Å²) in [5.41, 5.74) is 9.33. The molecule has 6 nitrogen and oxygen atoms in total. The van der Waals surface area contributed by atoms with Crippen LogP contribution < -0.4 is 20.5 Å². The lowest BCUT2D eigenvalue weighted by molar-refractivity contribution is -0.124. The quantitative estimate of drug-likeness (QED) is 0.618. The number of carbonyl (C=O) groups excluding carboxylic acids is 1. The van der Waals surface area contributed by atoms with Crippen LogP contribution in [0.3, 0.4) is 0 Å². The zero-order chi connectivity index (χ0) is 21.8. The van der Waals surface area contributed by atoms with E-state index >= 15 is 0 Å². The van der Waals surface area contributed by atoms with Gasteiger partial charge in [0, 0.05) is 0 Å². The second-order valence-corrected chi connectivity index (χ2v) is 7.83. The molecule has 2 unspecified atom stereocenters. The largest absolute Gasteiger partial charge is 0.493 e. The third-order valence-electron chi connectivity index (χ3n) is 5.86. The molecular formula is C23H30ClN3O3. The summed E-state index contributed by atoms with van der Waals surface area (Å²) in [6.07, 6.45) is 0.728. The third-order valence-corrected chi connectivity index (χ3v) is 6.20. The number of hydrogen-bond acceptors (Lipinski definition) is 5. The molecule has 7 heteroatoms. The summed E-state index contributed by atoms with van der Waals surface area (Å²) in [5, 5.41) is 3.67. The second-order valence-electron chi connectivity index (χ2n) is 7.43. The zero-order valence-corrected chi connectivity index (χ0v) is 18.8. The Morgan fingerprint density at radius 2 is 1.70 bits per heavy atom. The van der Waals surface area contributed by atoms with Crippen LogP contribution in [-0.4, -0.2) is 44.7 Å². The summed E-state index contributed by atoms with van der Waals surface area (Å²) < 4.78 is 11.1. The van der Waals surface area contributed by atoms with Crippen molar-refractivity contribution in [1.29, 1.82) is 0 Å². The Bertz CT molecular complexity index is 915. The van der Waals surface area contributed by atoms with Gasteiger partial charge in [-0.15, -0.1) is 0 Å². The lowest BCUT2D eigenvalue weighted by Crippen LogP contribution is -2.40. The molecule has 3 rings (SSSR count). The first-order valence-corrected chi connectivity index (χ1v) is 10.6. The topological polar surface area (TPSA) is 76.8 Å². The maximum atomic E-state index is 13.2. The van der Waals surface area contributed by atoms with Gasteiger partial charge >= 0.3 is 0 Å². The van der Waals surface area contributed by atoms with E-state index in [9.17, 15) is 4.79 Å². The molecule has 1 amide bonds. The molecule has 0 spiro atoms. The monoisotopic (exact) mass is 431 g/mol. The number of methoxy groups -OCH3 is 2. The van der Waals surface area contributed by atoms with Crippen LogP contribution in [0.4, 0.5) is 5.69 Å². The molecular weight excluding hydrogens is 402 g/mol. The minimum absolute atomic E-state index is 0.000368. The maximum absolute atomic E-state index is 13.2. The van der Waals surface area contributed by atoms with E-state index in [-0.39, 0.29) is 17.9 Å². The zero-order valence-electron chi connectivity index (χ0n) is 18.0. The van der Waals surface area contributed by atoms with E-state index in [0.29, 0.717) is 22.2 Å². The molecule has 0 radical (unpaired) electrons. The molecule has 162 valence electrons. The van der Waals surface area contributed by atoms with Crippen molar-refractivity contribution < 1.29 is 14.3 Å². The van der Waals surface area contributed by atoms with Crippen molar-refractivity contribution in [2.45, 2.75) is 32.2 Å². The lowest BCUT2D eigenvalue weighted by atomic mass is 9.81. The summed E-state index contributed by atoms with van der Waals surface area (Å²) in [6.45, 7) is 7.02. The van der Waals surface area contributed by atoms with Gasteiger partial charge in [0.05, 0.1) is 36.9 Å². The van der Waals surface area contributed by atoms with Crippen molar-refractivity contribution in [3.05, 3.63) is 52.0 Å². The average molecular weight is 432 g/mol. The Labute approximate surface area is 183 Å². The molecule has 30 heavy (non-hydrogen) atoms. The Morgan fingerprint density at radius 1 is 1.07 bits per heavy atom. The number of halogens is 1. The number of benzene rings is 2. The molecule has 0 fully saturated rings. The summed E-state index contributed by atoms with van der Waals surface area (Å²) in [4.78, 5) is 15.5. The minimum Gasteiger partial charge on any atom is -0.493 e. The number of ether oxygens (including phenoxy) is 2. The van der Waals surface area contributed by atoms with E-state index in [1.54, 1.807) is 20.3 Å². The van der Waals surface area contributed by atoms with Crippen molar-refractivity contribution in [1.82, 2.24) is 10.2 Å². The number of nitrogens with one attached hydrogen (secondary N) is 1. The number of anilines is 1. The molecule has 3 N–H and O–H groups in total. The fraction of sp³-hybridized carbons (Fsp3) is 0.435. The van der Waals surface area contributed by atoms with Crippen molar-refractivity contribution in [3.63, 3.8) is 0 Å². The van der Waals surface area contributed by atoms with Crippen molar-refractivity contribution >= 4 is 23.2 Å². The number of nitrogens with two attached hydrogens (primary N) is 1. The third kappa shape index (κ3) is 4.35. The first-order valence-electron chi connectivity index (χ1n) is 10.3. The van der Waals surface area contributed by atoms with Gasteiger partial charge in [0.2, 0.25) is 5.91 Å². The summed E-state index contributed by atoms with van der Waals surface area (Å²) >= 11 is 6.10. The van der Waals surface area contributed by atoms with E-state index in [1.807, 2.05) is 24.3 Å². The Balaban J connectivity index is 2.07. The highest BCUT2D eigenvalue weighted by Crippen LogP contribution is 2.43. The van der Waals surface area contributed by atoms with Gasteiger partial charge in [0.25, 0.3) is 0 Å². The molecule has 0 saturated heterocycles. The fourth-order valence-corrected chi connectivity index (χ4v) is 4.18. The minimum atomic E-state index is -0.337. The van der Waals surface area contributed by atoms with Crippen molar-refractivity contribution in [2.24, 2.45) is 0 Å². The molecule has 1 heterocycles. The molecule has 0 aliphatic carbocycles. The highest BCUT2D eigenvalue weighted by molar-refractivity contribution is 6.33. The predicted molar refractivity (Wildman–Crippen MR) is 121 cm³/mol. The first-order chi connectivity index (χ1) is 14.4. The van der Waals surface area contributed by atoms with Gasteiger partial charge in [-0.1, -0.05) is 31.5 Å². The molecule has 2 aromatic carbocycles. The molecule has 0 saturated carbocycles. The van der Waals surface area contributed by atoms with E-state index < -0.39 is 0 Å². The summed E-state index contributed by atoms with van der Waals surface area (Å²) in [7, 11) is 3.22. The van der Waals surface area contributed by atoms with Crippen LogP contribution in [0.25, 0.3) is 0 Å². The van der Waals surface area contributed by atoms with Crippen molar-refractivity contribution in [2.75, 3.05) is 39.6 Å². The molecule has 0 aromatic heterocycles. The molecule has 0 bridgehead atoms. The van der Waals surface area contributed by atoms with Crippen LogP contribution >= 0.6 is 11.6 Å². The molecule has 1 aliphatic rings. The van der Waals surface area contributed by atoms with Gasteiger partial charge in [-0.2, -0.15) is 0 Å². The Kier molecular flexibility index (Phi) is 7.10. The second kappa shape index (κ2) is 9.58. The summed E-state index contributed by atoms with van der Waals surface area (Å²) in [6, 6.07) is 9.01. The highest BCUT2D eigenvalue weighted by Gasteiger charge is 2.35. The predicted octanol–water partition coefficient (Wildman–Crippen LogP) is 3.97. The number of rotatable bonds is 8. The van der Waals surface area contributed by atoms with Crippen LogP contribution in [0.1, 0.15) is 48.9 Å². The van der Waals surface area contributed by atoms with Gasteiger partial charge in [-0.25, -0.2) is 0 Å². The molecule has 1 aliphatic heterocycles. The normalized spacial score (nSPS) is 18.1. The van der Waals surface area contributed by atoms with E-state index in [4.69, 9.17) is 26.8 Å². The van der Waals surface area contributed by atoms with E-state index in [2.05, 4.69) is 24.1 Å². The summed E-state index contributed by atoms with van der Waals surface area (Å²) in [5.74, 6) is 0.983. The SMILES string of the molecule is CCN(CC)CCC1C(=O)NC(c2ccc(Cl)c(N)c2)c2cc(OC)c(OC)cc21. The number of nitrogens with zero attached hydrogens (tertiary/aromatic N) is 1. The van der Waals surface area contributed by atoms with Gasteiger partial charge in [-0.05, 0) is 67.0 Å². The Morgan fingerprint density at radius 3 is 2.27 bits per heavy atom. The van der Waals surface area contributed by atoms with E-state index in [0.717, 1.165) is 42.7 Å². The maximum Gasteiger partial charge on any atom is 0.228 e. The molecule has 2 atom stereocenters. The van der Waals surface area contributed by atoms with Crippen molar-refractivity contribution in [3.8, 4) is 11.5 Å². The number of hydrogen-bond donors (Lipinski definition) is 2. The van der Waals surface area contributed by atoms with Crippen LogP contribution in [0.2, 0.25) is 5.02 Å². The number of amides is 1. The van der Waals surface area contributed by atoms with Gasteiger partial charge in [0.15, 0.2) is 11.5 Å². The van der Waals surface area contributed by atoms with Crippen LogP contribution in [0, 0.1) is 0 Å². The van der Waals surface area contributed by atoms with Gasteiger partial charge < -0.3 is 25.4 Å². The number of fused-ring (bicyclic) bond motifs is 1. The fourth-order valence-electron chi connectivity index (χ4n) is 4.07. The lowest BCUT2D eigenvalue weighted by Gasteiger charge is -2.34. The van der Waals surface area contributed by atoms with Crippen LogP contribution in [0.5, 0.6) is 11.5 Å². The highest BCUT2D eigenvalue weighted by atomic mass is 35.5. The van der Waals surface area contributed by atoms with Crippen LogP contribution in [-0.2, 0) is 4.79 Å². The smallest absolute Gasteiger partial charge is 0.228 e. The molecule has 2 aromatic rings. The van der Waals surface area contributed by atoms with Crippen LogP contribution in [0.15, 0.2) is 30.3 Å². The first kappa shape index (κ1) is 22.2. The Hall–Kier alpha value is -2.44. The average Bonchev–Trinajstić information content (AvgIpc) is 2.76. The number of nitrogen functional groups attached to an aromatic ring is 1. The number of carbonyl (C=O) groups is 1. The van der Waals surface area contributed by atoms with E-state index in [1.165, 1.54) is 0 Å². The van der Waals surface area contributed by atoms with Gasteiger partial charge in [-0.3, -0.25) is 4.79 Å². The standard InChI is InChI=1S/C23H30ClN3O3/c1-5-27(6-2)10-9-15-16-12-20(29-3)21(30-4)13-17(16)22(26-23(15)28)14-7-8-18(24)19(25)11-14/h7-8,11-13,15,22H,5-6,9-10,25H2,1-4H3,(H,26,28). The van der Waals surface area contributed by atoms with Gasteiger partial charge in [0.1, 0.15) is 0 Å².